The lowest BCUT2D eigenvalue weighted by molar-refractivity contribution is 0.242. The molecule has 0 aromatic heterocycles. The van der Waals surface area contributed by atoms with E-state index < -0.39 is 10.0 Å². The first-order valence-electron chi connectivity index (χ1n) is 9.28. The van der Waals surface area contributed by atoms with Crippen molar-refractivity contribution in [2.75, 3.05) is 13.1 Å². The van der Waals surface area contributed by atoms with Gasteiger partial charge in [0.2, 0.25) is 10.0 Å². The van der Waals surface area contributed by atoms with Gasteiger partial charge in [-0.1, -0.05) is 36.8 Å². The number of sulfonamides is 1. The summed E-state index contributed by atoms with van der Waals surface area (Å²) in [5.74, 6) is 0.939. The van der Waals surface area contributed by atoms with Gasteiger partial charge in [-0.25, -0.2) is 8.42 Å². The second kappa shape index (κ2) is 8.23. The zero-order chi connectivity index (χ0) is 18.6. The molecule has 2 aromatic rings. The van der Waals surface area contributed by atoms with Crippen LogP contribution in [0.3, 0.4) is 0 Å². The monoisotopic (exact) mass is 373 g/mol. The maximum Gasteiger partial charge on any atom is 0.243 e. The van der Waals surface area contributed by atoms with Crippen molar-refractivity contribution in [3.63, 3.8) is 0 Å². The summed E-state index contributed by atoms with van der Waals surface area (Å²) in [6, 6.07) is 17.0. The van der Waals surface area contributed by atoms with E-state index in [-0.39, 0.29) is 12.0 Å². The Morgan fingerprint density at radius 2 is 1.69 bits per heavy atom. The summed E-state index contributed by atoms with van der Waals surface area (Å²) in [5, 5.41) is 0. The Bertz CT molecular complexity index is 801. The predicted molar refractivity (Wildman–Crippen MR) is 104 cm³/mol. The Labute approximate surface area is 156 Å². The van der Waals surface area contributed by atoms with E-state index in [1.807, 2.05) is 32.0 Å². The Hall–Kier alpha value is -1.85. The summed E-state index contributed by atoms with van der Waals surface area (Å²) < 4.78 is 33.5. The highest BCUT2D eigenvalue weighted by Gasteiger charge is 2.29. The van der Waals surface area contributed by atoms with Crippen molar-refractivity contribution in [1.82, 2.24) is 4.31 Å². The van der Waals surface area contributed by atoms with Gasteiger partial charge in [-0.05, 0) is 62.4 Å². The molecule has 1 aliphatic heterocycles. The van der Waals surface area contributed by atoms with Crippen LogP contribution in [-0.4, -0.2) is 31.9 Å². The molecule has 0 spiro atoms. The molecule has 4 nitrogen and oxygen atoms in total. The van der Waals surface area contributed by atoms with Gasteiger partial charge in [0.15, 0.2) is 0 Å². The quantitative estimate of drug-likeness (QED) is 0.779. The molecule has 26 heavy (non-hydrogen) atoms. The Kier molecular flexibility index (Phi) is 5.99. The van der Waals surface area contributed by atoms with E-state index in [9.17, 15) is 8.42 Å². The van der Waals surface area contributed by atoms with Crippen LogP contribution >= 0.6 is 0 Å². The maximum absolute atomic E-state index is 13.1. The minimum absolute atomic E-state index is 0.0645. The molecule has 0 bridgehead atoms. The van der Waals surface area contributed by atoms with Crippen molar-refractivity contribution in [1.29, 1.82) is 0 Å². The lowest BCUT2D eigenvalue weighted by Gasteiger charge is -2.24. The Balaban J connectivity index is 1.81. The largest absolute Gasteiger partial charge is 0.491 e. The molecule has 0 saturated carbocycles. The summed E-state index contributed by atoms with van der Waals surface area (Å²) in [5.41, 5.74) is 1.22. The highest BCUT2D eigenvalue weighted by atomic mass is 32.2. The van der Waals surface area contributed by atoms with Crippen molar-refractivity contribution < 1.29 is 13.2 Å². The third-order valence-corrected chi connectivity index (χ3v) is 6.62. The van der Waals surface area contributed by atoms with E-state index in [1.54, 1.807) is 28.6 Å². The van der Waals surface area contributed by atoms with E-state index in [0.717, 1.165) is 19.3 Å². The van der Waals surface area contributed by atoms with Crippen LogP contribution in [0.1, 0.15) is 44.6 Å². The first kappa shape index (κ1) is 18.9. The standard InChI is InChI=1S/C21H27NO3S/c1-17(2)25-20-11-13-21(14-12-20)26(23,24)22-15-7-6-10-19(16-22)18-8-4-3-5-9-18/h3-5,8-9,11-14,17,19H,6-7,10,15-16H2,1-2H3. The van der Waals surface area contributed by atoms with Crippen LogP contribution in [0.2, 0.25) is 0 Å². The van der Waals surface area contributed by atoms with E-state index in [0.29, 0.717) is 23.7 Å². The minimum Gasteiger partial charge on any atom is -0.491 e. The molecule has 3 rings (SSSR count). The van der Waals surface area contributed by atoms with Crippen molar-refractivity contribution in [2.45, 2.75) is 50.0 Å². The lowest BCUT2D eigenvalue weighted by Crippen LogP contribution is -2.34. The molecule has 0 amide bonds. The third-order valence-electron chi connectivity index (χ3n) is 4.74. The number of hydrogen-bond donors (Lipinski definition) is 0. The van der Waals surface area contributed by atoms with Gasteiger partial charge < -0.3 is 4.74 Å². The zero-order valence-corrected chi connectivity index (χ0v) is 16.3. The molecule has 0 aliphatic carbocycles. The highest BCUT2D eigenvalue weighted by Crippen LogP contribution is 2.30. The van der Waals surface area contributed by atoms with Crippen LogP contribution in [0, 0.1) is 0 Å². The summed E-state index contributed by atoms with van der Waals surface area (Å²) in [4.78, 5) is 0.335. The van der Waals surface area contributed by atoms with Gasteiger partial charge in [-0.15, -0.1) is 0 Å². The van der Waals surface area contributed by atoms with Crippen LogP contribution < -0.4 is 4.74 Å². The first-order chi connectivity index (χ1) is 12.5. The number of ether oxygens (including phenoxy) is 1. The number of rotatable bonds is 5. The SMILES string of the molecule is CC(C)Oc1ccc(S(=O)(=O)N2CCCCC(c3ccccc3)C2)cc1. The summed E-state index contributed by atoms with van der Waals surface area (Å²) >= 11 is 0. The Morgan fingerprint density at radius 3 is 2.35 bits per heavy atom. The van der Waals surface area contributed by atoms with Gasteiger partial charge in [-0.3, -0.25) is 0 Å². The fourth-order valence-corrected chi connectivity index (χ4v) is 4.96. The number of benzene rings is 2. The molecule has 1 atom stereocenters. The zero-order valence-electron chi connectivity index (χ0n) is 15.5. The normalized spacial score (nSPS) is 19.3. The van der Waals surface area contributed by atoms with Gasteiger partial charge in [0.1, 0.15) is 5.75 Å². The molecule has 0 N–H and O–H groups in total. The lowest BCUT2D eigenvalue weighted by atomic mass is 9.95. The average Bonchev–Trinajstić information content (AvgIpc) is 2.89. The van der Waals surface area contributed by atoms with Crippen LogP contribution in [-0.2, 0) is 10.0 Å². The fraction of sp³-hybridized carbons (Fsp3) is 0.429. The average molecular weight is 374 g/mol. The summed E-state index contributed by atoms with van der Waals surface area (Å²) in [6.45, 7) is 5.02. The first-order valence-corrected chi connectivity index (χ1v) is 10.7. The molecule has 1 fully saturated rings. The second-order valence-corrected chi connectivity index (χ2v) is 9.04. The minimum atomic E-state index is -3.49. The van der Waals surface area contributed by atoms with Gasteiger partial charge in [0.05, 0.1) is 11.0 Å². The van der Waals surface area contributed by atoms with Gasteiger partial charge in [0.25, 0.3) is 0 Å². The maximum atomic E-state index is 13.1. The molecule has 1 heterocycles. The van der Waals surface area contributed by atoms with Crippen molar-refractivity contribution in [2.24, 2.45) is 0 Å². The van der Waals surface area contributed by atoms with E-state index >= 15 is 0 Å². The summed E-state index contributed by atoms with van der Waals surface area (Å²) in [7, 11) is -3.49. The van der Waals surface area contributed by atoms with Gasteiger partial charge >= 0.3 is 0 Å². The highest BCUT2D eigenvalue weighted by molar-refractivity contribution is 7.89. The van der Waals surface area contributed by atoms with Crippen molar-refractivity contribution in [3.8, 4) is 5.75 Å². The van der Waals surface area contributed by atoms with E-state index in [1.165, 1.54) is 5.56 Å². The third kappa shape index (κ3) is 4.46. The molecule has 0 radical (unpaired) electrons. The van der Waals surface area contributed by atoms with Crippen molar-refractivity contribution >= 4 is 10.0 Å². The second-order valence-electron chi connectivity index (χ2n) is 7.10. The van der Waals surface area contributed by atoms with Gasteiger partial charge in [-0.2, -0.15) is 4.31 Å². The van der Waals surface area contributed by atoms with Crippen LogP contribution in [0.4, 0.5) is 0 Å². The van der Waals surface area contributed by atoms with E-state index in [2.05, 4.69) is 12.1 Å². The molecule has 5 heteroatoms. The Morgan fingerprint density at radius 1 is 1.00 bits per heavy atom. The fourth-order valence-electron chi connectivity index (χ4n) is 3.43. The number of hydrogen-bond acceptors (Lipinski definition) is 3. The molecule has 1 saturated heterocycles. The molecule has 1 aliphatic rings. The molecule has 1 unspecified atom stereocenters. The van der Waals surface area contributed by atoms with E-state index in [4.69, 9.17) is 4.74 Å². The molecule has 2 aromatic carbocycles. The molecule has 140 valence electrons. The van der Waals surface area contributed by atoms with Crippen LogP contribution in [0.25, 0.3) is 0 Å². The molecular weight excluding hydrogens is 346 g/mol. The van der Waals surface area contributed by atoms with Crippen LogP contribution in [0.5, 0.6) is 5.75 Å². The smallest absolute Gasteiger partial charge is 0.243 e. The summed E-state index contributed by atoms with van der Waals surface area (Å²) in [6.07, 6.45) is 3.04. The van der Waals surface area contributed by atoms with Gasteiger partial charge in [0, 0.05) is 13.1 Å². The topological polar surface area (TPSA) is 46.6 Å². The van der Waals surface area contributed by atoms with Crippen LogP contribution in [0.15, 0.2) is 59.5 Å². The van der Waals surface area contributed by atoms with Crippen molar-refractivity contribution in [3.05, 3.63) is 60.2 Å². The number of nitrogens with zero attached hydrogens (tertiary/aromatic N) is 1. The molecular formula is C21H27NO3S. The predicted octanol–water partition coefficient (Wildman–Crippen LogP) is 4.43.